The first-order valence-corrected chi connectivity index (χ1v) is 6.03. The second-order valence-corrected chi connectivity index (χ2v) is 4.85. The van der Waals surface area contributed by atoms with Gasteiger partial charge in [0.05, 0.1) is 6.42 Å². The van der Waals surface area contributed by atoms with Gasteiger partial charge in [0.2, 0.25) is 0 Å². The highest BCUT2D eigenvalue weighted by molar-refractivity contribution is 9.11. The molecule has 0 radical (unpaired) electrons. The summed E-state index contributed by atoms with van der Waals surface area (Å²) in [4.78, 5) is 22.4. The summed E-state index contributed by atoms with van der Waals surface area (Å²) in [5.41, 5.74) is 1.01. The third kappa shape index (κ3) is 2.82. The number of ketones is 1. The molecule has 16 heavy (non-hydrogen) atoms. The second-order valence-electron chi connectivity index (χ2n) is 4.00. The van der Waals surface area contributed by atoms with Crippen molar-refractivity contribution in [2.75, 3.05) is 0 Å². The normalized spacial score (nSPS) is 28.8. The Morgan fingerprint density at radius 3 is 2.75 bits per heavy atom. The van der Waals surface area contributed by atoms with Gasteiger partial charge in [0.25, 0.3) is 0 Å². The average Bonchev–Trinajstić information content (AvgIpc) is 2.46. The van der Waals surface area contributed by atoms with Crippen molar-refractivity contribution in [2.24, 2.45) is 11.8 Å². The second kappa shape index (κ2) is 5.43. The molecule has 1 fully saturated rings. The molecular weight excluding hydrogens is 272 g/mol. The van der Waals surface area contributed by atoms with E-state index >= 15 is 0 Å². The minimum absolute atomic E-state index is 0.0406. The Kier molecular flexibility index (Phi) is 4.47. The third-order valence-corrected chi connectivity index (χ3v) is 3.63. The topological polar surface area (TPSA) is 54.4 Å². The number of hydrogen-bond acceptors (Lipinski definition) is 2. The highest BCUT2D eigenvalue weighted by atomic mass is 79.9. The van der Waals surface area contributed by atoms with E-state index in [2.05, 4.69) is 15.9 Å². The van der Waals surface area contributed by atoms with Gasteiger partial charge in [-0.2, -0.15) is 0 Å². The Morgan fingerprint density at radius 2 is 2.25 bits per heavy atom. The lowest BCUT2D eigenvalue weighted by atomic mass is 10.0. The highest BCUT2D eigenvalue weighted by Gasteiger charge is 2.37. The number of carbonyl (C=O) groups is 2. The van der Waals surface area contributed by atoms with E-state index in [1.54, 1.807) is 0 Å². The van der Waals surface area contributed by atoms with Crippen LogP contribution in [0.15, 0.2) is 22.2 Å². The number of allylic oxidation sites excluding steroid dienone is 4. The number of carboxylic acid groups (broad SMARTS) is 1. The zero-order valence-corrected chi connectivity index (χ0v) is 11.0. The number of carbonyl (C=O) groups excluding carboxylic acids is 1. The third-order valence-electron chi connectivity index (χ3n) is 2.86. The van der Waals surface area contributed by atoms with Crippen molar-refractivity contribution in [2.45, 2.75) is 26.7 Å². The first kappa shape index (κ1) is 13.2. The summed E-state index contributed by atoms with van der Waals surface area (Å²) in [5.74, 6) is -1.40. The Balaban J connectivity index is 2.91. The maximum atomic E-state index is 11.8. The first-order chi connectivity index (χ1) is 7.47. The molecule has 2 atom stereocenters. The van der Waals surface area contributed by atoms with Crippen LogP contribution in [0.4, 0.5) is 0 Å². The average molecular weight is 287 g/mol. The van der Waals surface area contributed by atoms with Gasteiger partial charge in [-0.05, 0) is 18.9 Å². The highest BCUT2D eigenvalue weighted by Crippen LogP contribution is 2.38. The molecule has 0 spiro atoms. The Hall–Kier alpha value is -0.900. The maximum Gasteiger partial charge on any atom is 0.304 e. The lowest BCUT2D eigenvalue weighted by molar-refractivity contribution is -0.140. The van der Waals surface area contributed by atoms with E-state index in [4.69, 9.17) is 5.11 Å². The summed E-state index contributed by atoms with van der Waals surface area (Å²) in [6.45, 7) is 3.74. The molecule has 88 valence electrons. The Labute approximate surface area is 103 Å². The lowest BCUT2D eigenvalue weighted by Crippen LogP contribution is -2.15. The fraction of sp³-hybridized carbons (Fsp3) is 0.500. The molecule has 1 saturated carbocycles. The van der Waals surface area contributed by atoms with Crippen molar-refractivity contribution >= 4 is 27.7 Å². The number of Topliss-reactive ketones (excluding diaryl/α,β-unsaturated/α-hetero) is 1. The van der Waals surface area contributed by atoms with Gasteiger partial charge in [-0.25, -0.2) is 0 Å². The zero-order chi connectivity index (χ0) is 12.3. The van der Waals surface area contributed by atoms with Crippen LogP contribution in [0.3, 0.4) is 0 Å². The molecule has 0 aliphatic heterocycles. The van der Waals surface area contributed by atoms with Crippen LogP contribution in [0, 0.1) is 11.8 Å². The van der Waals surface area contributed by atoms with Gasteiger partial charge in [-0.1, -0.05) is 35.0 Å². The predicted octanol–water partition coefficient (Wildman–Crippen LogP) is 2.91. The molecule has 4 heteroatoms. The van der Waals surface area contributed by atoms with Gasteiger partial charge in [0.1, 0.15) is 5.78 Å². The van der Waals surface area contributed by atoms with E-state index in [9.17, 15) is 9.59 Å². The Bertz CT molecular complexity index is 368. The van der Waals surface area contributed by atoms with Gasteiger partial charge < -0.3 is 5.11 Å². The first-order valence-electron chi connectivity index (χ1n) is 5.24. The van der Waals surface area contributed by atoms with E-state index in [1.807, 2.05) is 26.0 Å². The van der Waals surface area contributed by atoms with Crippen molar-refractivity contribution in [3.05, 3.63) is 22.2 Å². The summed E-state index contributed by atoms with van der Waals surface area (Å²) < 4.78 is 0.906. The standard InChI is InChI=1S/C12H15BrO3/c1-3-4-10(13)9-5-8(6-11(14)15)12(16)7(9)2/h3-4,7-8H,5-6H2,1-2H3,(H,14,15)/b4-3-,10-9+. The quantitative estimate of drug-likeness (QED) is 0.868. The lowest BCUT2D eigenvalue weighted by Gasteiger charge is -2.04. The van der Waals surface area contributed by atoms with Gasteiger partial charge in [0.15, 0.2) is 0 Å². The van der Waals surface area contributed by atoms with Crippen LogP contribution in [0.25, 0.3) is 0 Å². The minimum atomic E-state index is -0.908. The fourth-order valence-corrected chi connectivity index (χ4v) is 2.78. The van der Waals surface area contributed by atoms with E-state index < -0.39 is 5.97 Å². The van der Waals surface area contributed by atoms with Crippen LogP contribution in [0.5, 0.6) is 0 Å². The van der Waals surface area contributed by atoms with E-state index in [-0.39, 0.29) is 24.0 Å². The zero-order valence-electron chi connectivity index (χ0n) is 9.37. The fourth-order valence-electron chi connectivity index (χ4n) is 2.01. The molecule has 0 amide bonds. The Morgan fingerprint density at radius 1 is 1.62 bits per heavy atom. The number of hydrogen-bond donors (Lipinski definition) is 1. The summed E-state index contributed by atoms with van der Waals surface area (Å²) in [7, 11) is 0. The van der Waals surface area contributed by atoms with Crippen LogP contribution < -0.4 is 0 Å². The molecule has 0 saturated heterocycles. The molecular formula is C12H15BrO3. The van der Waals surface area contributed by atoms with Gasteiger partial charge >= 0.3 is 5.97 Å². The number of rotatable bonds is 3. The predicted molar refractivity (Wildman–Crippen MR) is 65.3 cm³/mol. The number of aliphatic carboxylic acids is 1. The van der Waals surface area contributed by atoms with E-state index in [0.29, 0.717) is 6.42 Å². The number of halogens is 1. The van der Waals surface area contributed by atoms with Crippen molar-refractivity contribution in [1.29, 1.82) is 0 Å². The van der Waals surface area contributed by atoms with Crippen LogP contribution in [-0.2, 0) is 9.59 Å². The summed E-state index contributed by atoms with van der Waals surface area (Å²) in [6.07, 6.45) is 4.26. The van der Waals surface area contributed by atoms with Crippen LogP contribution in [0.1, 0.15) is 26.7 Å². The van der Waals surface area contributed by atoms with Crippen LogP contribution >= 0.6 is 15.9 Å². The number of carboxylic acids is 1. The molecule has 0 aromatic rings. The monoisotopic (exact) mass is 286 g/mol. The summed E-state index contributed by atoms with van der Waals surface area (Å²) in [5, 5.41) is 8.71. The molecule has 2 unspecified atom stereocenters. The van der Waals surface area contributed by atoms with Crippen molar-refractivity contribution in [3.8, 4) is 0 Å². The van der Waals surface area contributed by atoms with Crippen molar-refractivity contribution in [1.82, 2.24) is 0 Å². The maximum absolute atomic E-state index is 11.8. The molecule has 1 N–H and O–H groups in total. The van der Waals surface area contributed by atoms with Crippen LogP contribution in [-0.4, -0.2) is 16.9 Å². The van der Waals surface area contributed by atoms with Crippen LogP contribution in [0.2, 0.25) is 0 Å². The molecule has 0 bridgehead atoms. The molecule has 0 aromatic heterocycles. The SMILES string of the molecule is C/C=C\C(Br)=C1\CC(CC(=O)O)C(=O)C1C. The van der Waals surface area contributed by atoms with E-state index in [0.717, 1.165) is 10.1 Å². The molecule has 0 heterocycles. The molecule has 0 aromatic carbocycles. The van der Waals surface area contributed by atoms with E-state index in [1.165, 1.54) is 0 Å². The van der Waals surface area contributed by atoms with Gasteiger partial charge in [-0.3, -0.25) is 9.59 Å². The molecule has 3 nitrogen and oxygen atoms in total. The van der Waals surface area contributed by atoms with Crippen molar-refractivity contribution < 1.29 is 14.7 Å². The summed E-state index contributed by atoms with van der Waals surface area (Å²) >= 11 is 3.42. The molecule has 1 rings (SSSR count). The summed E-state index contributed by atoms with van der Waals surface area (Å²) in [6, 6.07) is 0. The smallest absolute Gasteiger partial charge is 0.304 e. The van der Waals surface area contributed by atoms with Crippen molar-refractivity contribution in [3.63, 3.8) is 0 Å². The minimum Gasteiger partial charge on any atom is -0.481 e. The van der Waals surface area contributed by atoms with Gasteiger partial charge in [0, 0.05) is 16.3 Å². The molecule has 1 aliphatic carbocycles. The van der Waals surface area contributed by atoms with Gasteiger partial charge in [-0.15, -0.1) is 0 Å². The largest absolute Gasteiger partial charge is 0.481 e. The molecule has 1 aliphatic rings.